The Morgan fingerprint density at radius 1 is 1.37 bits per heavy atom. The molecule has 3 amide bonds. The van der Waals surface area contributed by atoms with E-state index in [1.165, 1.54) is 9.80 Å². The molecular formula is C13H16N4O2. The molecule has 1 saturated heterocycles. The van der Waals surface area contributed by atoms with E-state index in [4.69, 9.17) is 0 Å². The van der Waals surface area contributed by atoms with E-state index in [1.807, 2.05) is 13.1 Å². The van der Waals surface area contributed by atoms with Gasteiger partial charge in [-0.2, -0.15) is 0 Å². The maximum absolute atomic E-state index is 12.0. The van der Waals surface area contributed by atoms with Crippen LogP contribution in [0.25, 0.3) is 0 Å². The summed E-state index contributed by atoms with van der Waals surface area (Å²) >= 11 is 0. The number of rotatable bonds is 1. The number of aryl methyl sites for hydroxylation is 2. The third-order valence-electron chi connectivity index (χ3n) is 3.78. The van der Waals surface area contributed by atoms with E-state index in [0.29, 0.717) is 6.42 Å². The van der Waals surface area contributed by atoms with E-state index < -0.39 is 0 Å². The maximum atomic E-state index is 12.0. The molecule has 0 N–H and O–H groups in total. The van der Waals surface area contributed by atoms with Crippen molar-refractivity contribution in [2.24, 2.45) is 0 Å². The van der Waals surface area contributed by atoms with Gasteiger partial charge in [0.05, 0.1) is 0 Å². The molecule has 2 aliphatic rings. The summed E-state index contributed by atoms with van der Waals surface area (Å²) in [6.07, 6.45) is 4.07. The summed E-state index contributed by atoms with van der Waals surface area (Å²) in [5, 5.41) is 0. The molecule has 6 heteroatoms. The van der Waals surface area contributed by atoms with Gasteiger partial charge in [0.1, 0.15) is 12.4 Å². The number of amides is 3. The SMILES string of the molecule is Cc1ncc2c(n1)CCC(N1C(=O)CN(C)C1=O)C2. The molecule has 6 nitrogen and oxygen atoms in total. The Balaban J connectivity index is 1.84. The number of aromatic nitrogens is 2. The second-order valence-electron chi connectivity index (χ2n) is 5.19. The Hall–Kier alpha value is -1.98. The van der Waals surface area contributed by atoms with Gasteiger partial charge >= 0.3 is 6.03 Å². The minimum Gasteiger partial charge on any atom is -0.318 e. The predicted octanol–water partition coefficient (Wildman–Crippen LogP) is 0.536. The average molecular weight is 260 g/mol. The molecule has 0 aromatic carbocycles. The molecule has 1 fully saturated rings. The predicted molar refractivity (Wildman–Crippen MR) is 67.5 cm³/mol. The molecule has 1 atom stereocenters. The third-order valence-corrected chi connectivity index (χ3v) is 3.78. The molecule has 0 spiro atoms. The van der Waals surface area contributed by atoms with E-state index in [0.717, 1.165) is 29.9 Å². The van der Waals surface area contributed by atoms with Crippen molar-refractivity contribution in [1.82, 2.24) is 19.8 Å². The summed E-state index contributed by atoms with van der Waals surface area (Å²) in [5.41, 5.74) is 2.10. The van der Waals surface area contributed by atoms with Crippen molar-refractivity contribution in [3.63, 3.8) is 0 Å². The van der Waals surface area contributed by atoms with Crippen LogP contribution in [-0.4, -0.2) is 51.3 Å². The highest BCUT2D eigenvalue weighted by Gasteiger charge is 2.39. The first-order valence-corrected chi connectivity index (χ1v) is 6.45. The van der Waals surface area contributed by atoms with Crippen molar-refractivity contribution in [2.75, 3.05) is 13.6 Å². The van der Waals surface area contributed by atoms with Crippen molar-refractivity contribution in [2.45, 2.75) is 32.2 Å². The van der Waals surface area contributed by atoms with E-state index in [-0.39, 0.29) is 24.5 Å². The Kier molecular flexibility index (Phi) is 2.73. The van der Waals surface area contributed by atoms with Crippen LogP contribution in [0.15, 0.2) is 6.20 Å². The molecule has 1 aromatic heterocycles. The molecule has 1 aromatic rings. The number of likely N-dealkylation sites (N-methyl/N-ethyl adjacent to an activating group) is 1. The van der Waals surface area contributed by atoms with Gasteiger partial charge in [0, 0.05) is 25.0 Å². The smallest absolute Gasteiger partial charge is 0.318 e. The van der Waals surface area contributed by atoms with Crippen LogP contribution in [0.1, 0.15) is 23.5 Å². The molecule has 0 bridgehead atoms. The van der Waals surface area contributed by atoms with Gasteiger partial charge in [-0.1, -0.05) is 0 Å². The second-order valence-corrected chi connectivity index (χ2v) is 5.19. The van der Waals surface area contributed by atoms with Crippen LogP contribution in [0.2, 0.25) is 0 Å². The molecule has 3 rings (SSSR count). The molecule has 1 aliphatic heterocycles. The normalized spacial score (nSPS) is 22.9. The topological polar surface area (TPSA) is 66.4 Å². The molecule has 1 aliphatic carbocycles. The zero-order chi connectivity index (χ0) is 13.6. The van der Waals surface area contributed by atoms with Crippen molar-refractivity contribution in [3.05, 3.63) is 23.3 Å². The fourth-order valence-corrected chi connectivity index (χ4v) is 2.81. The number of hydrogen-bond acceptors (Lipinski definition) is 4. The first-order valence-electron chi connectivity index (χ1n) is 6.45. The lowest BCUT2D eigenvalue weighted by atomic mass is 9.92. The molecule has 2 heterocycles. The van der Waals surface area contributed by atoms with Crippen LogP contribution < -0.4 is 0 Å². The minimum absolute atomic E-state index is 0.0521. The van der Waals surface area contributed by atoms with Crippen LogP contribution in [0.4, 0.5) is 4.79 Å². The van der Waals surface area contributed by atoms with E-state index in [9.17, 15) is 9.59 Å². The van der Waals surface area contributed by atoms with Gasteiger partial charge < -0.3 is 4.90 Å². The molecule has 0 radical (unpaired) electrons. The second kappa shape index (κ2) is 4.29. The van der Waals surface area contributed by atoms with Crippen LogP contribution >= 0.6 is 0 Å². The van der Waals surface area contributed by atoms with Gasteiger partial charge in [-0.25, -0.2) is 14.8 Å². The van der Waals surface area contributed by atoms with Crippen LogP contribution in [-0.2, 0) is 17.6 Å². The minimum atomic E-state index is -0.188. The maximum Gasteiger partial charge on any atom is 0.327 e. The number of imide groups is 1. The number of hydrogen-bond donors (Lipinski definition) is 0. The van der Waals surface area contributed by atoms with Crippen molar-refractivity contribution in [3.8, 4) is 0 Å². The summed E-state index contributed by atoms with van der Waals surface area (Å²) in [4.78, 5) is 35.4. The fourth-order valence-electron chi connectivity index (χ4n) is 2.81. The zero-order valence-electron chi connectivity index (χ0n) is 11.1. The number of fused-ring (bicyclic) bond motifs is 1. The number of urea groups is 1. The third kappa shape index (κ3) is 1.97. The van der Waals surface area contributed by atoms with Crippen molar-refractivity contribution in [1.29, 1.82) is 0 Å². The summed E-state index contributed by atoms with van der Waals surface area (Å²) in [6, 6.07) is -0.241. The number of carbonyl (C=O) groups excluding carboxylic acids is 2. The van der Waals surface area contributed by atoms with Gasteiger partial charge in [-0.15, -0.1) is 0 Å². The van der Waals surface area contributed by atoms with Gasteiger partial charge in [0.25, 0.3) is 5.91 Å². The quantitative estimate of drug-likeness (QED) is 0.691. The highest BCUT2D eigenvalue weighted by atomic mass is 16.2. The number of nitrogens with zero attached hydrogens (tertiary/aromatic N) is 4. The number of carbonyl (C=O) groups is 2. The van der Waals surface area contributed by atoms with Crippen LogP contribution in [0.3, 0.4) is 0 Å². The fraction of sp³-hybridized carbons (Fsp3) is 0.538. The highest BCUT2D eigenvalue weighted by Crippen LogP contribution is 2.25. The summed E-state index contributed by atoms with van der Waals surface area (Å²) in [7, 11) is 1.66. The van der Waals surface area contributed by atoms with Gasteiger partial charge in [0.2, 0.25) is 0 Å². The van der Waals surface area contributed by atoms with Crippen LogP contribution in [0.5, 0.6) is 0 Å². The first kappa shape index (κ1) is 12.1. The first-order chi connectivity index (χ1) is 9.06. The Morgan fingerprint density at radius 2 is 2.16 bits per heavy atom. The van der Waals surface area contributed by atoms with Crippen molar-refractivity contribution < 1.29 is 9.59 Å². The van der Waals surface area contributed by atoms with Gasteiger partial charge in [-0.3, -0.25) is 9.69 Å². The lowest BCUT2D eigenvalue weighted by molar-refractivity contribution is -0.127. The molecule has 100 valence electrons. The molecular weight excluding hydrogens is 244 g/mol. The Bertz CT molecular complexity index is 558. The van der Waals surface area contributed by atoms with Crippen molar-refractivity contribution >= 4 is 11.9 Å². The molecule has 1 unspecified atom stereocenters. The lowest BCUT2D eigenvalue weighted by Gasteiger charge is -2.29. The van der Waals surface area contributed by atoms with E-state index >= 15 is 0 Å². The van der Waals surface area contributed by atoms with Crippen LogP contribution in [0, 0.1) is 6.92 Å². The largest absolute Gasteiger partial charge is 0.327 e. The molecule has 19 heavy (non-hydrogen) atoms. The Labute approximate surface area is 111 Å². The summed E-state index contributed by atoms with van der Waals surface area (Å²) in [6.45, 7) is 2.06. The van der Waals surface area contributed by atoms with E-state index in [1.54, 1.807) is 7.05 Å². The average Bonchev–Trinajstić information content (AvgIpc) is 2.63. The molecule has 0 saturated carbocycles. The van der Waals surface area contributed by atoms with E-state index in [2.05, 4.69) is 9.97 Å². The summed E-state index contributed by atoms with van der Waals surface area (Å²) in [5.74, 6) is 0.666. The van der Waals surface area contributed by atoms with Gasteiger partial charge in [-0.05, 0) is 31.7 Å². The standard InChI is InChI=1S/C13H16N4O2/c1-8-14-6-9-5-10(3-4-11(9)15-8)17-12(18)7-16(2)13(17)19/h6,10H,3-5,7H2,1-2H3. The lowest BCUT2D eigenvalue weighted by Crippen LogP contribution is -2.44. The highest BCUT2D eigenvalue weighted by molar-refractivity contribution is 6.02. The monoisotopic (exact) mass is 260 g/mol. The Morgan fingerprint density at radius 3 is 2.84 bits per heavy atom. The van der Waals surface area contributed by atoms with Gasteiger partial charge in [0.15, 0.2) is 0 Å². The summed E-state index contributed by atoms with van der Waals surface area (Å²) < 4.78 is 0. The zero-order valence-corrected chi connectivity index (χ0v) is 11.1.